The van der Waals surface area contributed by atoms with E-state index in [4.69, 9.17) is 0 Å². The highest BCUT2D eigenvalue weighted by Crippen LogP contribution is 2.41. The first-order valence-electron chi connectivity index (χ1n) is 9.08. The van der Waals surface area contributed by atoms with E-state index < -0.39 is 23.2 Å². The lowest BCUT2D eigenvalue weighted by Gasteiger charge is -2.33. The lowest BCUT2D eigenvalue weighted by Crippen LogP contribution is -2.38. The van der Waals surface area contributed by atoms with Gasteiger partial charge in [0, 0.05) is 28.5 Å². The Hall–Kier alpha value is -3.04. The lowest BCUT2D eigenvalue weighted by atomic mass is 9.82. The van der Waals surface area contributed by atoms with Crippen molar-refractivity contribution in [3.05, 3.63) is 88.5 Å². The molecule has 0 unspecified atom stereocenters. The summed E-state index contributed by atoms with van der Waals surface area (Å²) in [6.07, 6.45) is 2.72. The Balaban J connectivity index is 1.74. The predicted molar refractivity (Wildman–Crippen MR) is 106 cm³/mol. The summed E-state index contributed by atoms with van der Waals surface area (Å²) in [5.74, 6) is -2.61. The standard InChI is InChI=1S/C21H17F3N4OS/c1-13(20-27-19(9-30-20)14-2-4-15(22)5-3-14)21(29,10-28-12-25-11-26-28)17-7-6-16(23)8-18(17)24/h2-9,11-13,29H,10H2,1H3/t13-,21+/m0/s1. The number of halogens is 3. The van der Waals surface area contributed by atoms with Crippen LogP contribution in [0.2, 0.25) is 0 Å². The molecule has 2 heterocycles. The zero-order valence-corrected chi connectivity index (χ0v) is 16.7. The van der Waals surface area contributed by atoms with E-state index >= 15 is 0 Å². The molecule has 0 spiro atoms. The van der Waals surface area contributed by atoms with E-state index in [2.05, 4.69) is 15.1 Å². The van der Waals surface area contributed by atoms with E-state index in [1.54, 1.807) is 24.4 Å². The maximum absolute atomic E-state index is 14.7. The van der Waals surface area contributed by atoms with Gasteiger partial charge >= 0.3 is 0 Å². The SMILES string of the molecule is C[C@@H](c1nc(-c2ccc(F)cc2)cs1)[C@](O)(Cn1cncn1)c1ccc(F)cc1F. The number of rotatable bonds is 6. The third-order valence-corrected chi connectivity index (χ3v) is 6.04. The number of benzene rings is 2. The fourth-order valence-corrected chi connectivity index (χ4v) is 4.27. The summed E-state index contributed by atoms with van der Waals surface area (Å²) >= 11 is 1.29. The number of nitrogens with zero attached hydrogens (tertiary/aromatic N) is 4. The summed E-state index contributed by atoms with van der Waals surface area (Å²) in [6, 6.07) is 8.97. The molecule has 0 aliphatic rings. The van der Waals surface area contributed by atoms with Gasteiger partial charge in [-0.15, -0.1) is 11.3 Å². The predicted octanol–water partition coefficient (Wildman–Crippen LogP) is 4.51. The highest BCUT2D eigenvalue weighted by atomic mass is 32.1. The van der Waals surface area contributed by atoms with E-state index in [0.29, 0.717) is 10.7 Å². The molecule has 30 heavy (non-hydrogen) atoms. The van der Waals surface area contributed by atoms with Crippen LogP contribution in [-0.2, 0) is 12.1 Å². The number of aromatic nitrogens is 4. The Labute approximate surface area is 174 Å². The van der Waals surface area contributed by atoms with Gasteiger partial charge in [0.15, 0.2) is 0 Å². The Morgan fingerprint density at radius 3 is 2.50 bits per heavy atom. The topological polar surface area (TPSA) is 63.8 Å². The van der Waals surface area contributed by atoms with Crippen molar-refractivity contribution in [2.75, 3.05) is 0 Å². The maximum Gasteiger partial charge on any atom is 0.137 e. The minimum absolute atomic E-state index is 0.0644. The van der Waals surface area contributed by atoms with Crippen molar-refractivity contribution < 1.29 is 18.3 Å². The first kappa shape index (κ1) is 20.2. The van der Waals surface area contributed by atoms with Crippen LogP contribution in [-0.4, -0.2) is 24.9 Å². The molecule has 0 aliphatic carbocycles. The lowest BCUT2D eigenvalue weighted by molar-refractivity contribution is -0.0112. The van der Waals surface area contributed by atoms with E-state index in [9.17, 15) is 18.3 Å². The summed E-state index contributed by atoms with van der Waals surface area (Å²) in [5, 5.41) is 18.0. The number of aliphatic hydroxyl groups is 1. The van der Waals surface area contributed by atoms with Crippen molar-refractivity contribution in [1.82, 2.24) is 19.7 Å². The van der Waals surface area contributed by atoms with Gasteiger partial charge in [-0.3, -0.25) is 0 Å². The molecule has 0 bridgehead atoms. The van der Waals surface area contributed by atoms with Crippen LogP contribution in [0, 0.1) is 17.5 Å². The molecule has 9 heteroatoms. The van der Waals surface area contributed by atoms with Gasteiger partial charge in [-0.05, 0) is 30.3 Å². The molecular formula is C21H17F3N4OS. The van der Waals surface area contributed by atoms with Crippen molar-refractivity contribution in [2.24, 2.45) is 0 Å². The first-order chi connectivity index (χ1) is 14.4. The highest BCUT2D eigenvalue weighted by molar-refractivity contribution is 7.10. The average molecular weight is 430 g/mol. The Morgan fingerprint density at radius 2 is 1.83 bits per heavy atom. The second kappa shape index (κ2) is 8.00. The first-order valence-corrected chi connectivity index (χ1v) is 9.96. The summed E-state index contributed by atoms with van der Waals surface area (Å²) < 4.78 is 42.7. The van der Waals surface area contributed by atoms with Crippen LogP contribution in [0.25, 0.3) is 11.3 Å². The molecule has 4 aromatic rings. The molecule has 2 aromatic carbocycles. The van der Waals surface area contributed by atoms with Crippen molar-refractivity contribution in [3.8, 4) is 11.3 Å². The largest absolute Gasteiger partial charge is 0.382 e. The Bertz CT molecular complexity index is 1150. The van der Waals surface area contributed by atoms with Crippen molar-refractivity contribution in [3.63, 3.8) is 0 Å². The summed E-state index contributed by atoms with van der Waals surface area (Å²) in [5.41, 5.74) is -0.502. The van der Waals surface area contributed by atoms with Crippen LogP contribution in [0.15, 0.2) is 60.5 Å². The molecular weight excluding hydrogens is 413 g/mol. The summed E-state index contributed by atoms with van der Waals surface area (Å²) in [4.78, 5) is 8.44. The second-order valence-electron chi connectivity index (χ2n) is 6.94. The van der Waals surface area contributed by atoms with Crippen LogP contribution >= 0.6 is 11.3 Å². The molecule has 5 nitrogen and oxygen atoms in total. The maximum atomic E-state index is 14.7. The van der Waals surface area contributed by atoms with Gasteiger partial charge in [-0.25, -0.2) is 27.8 Å². The molecule has 0 saturated carbocycles. The van der Waals surface area contributed by atoms with Gasteiger partial charge in [-0.2, -0.15) is 5.10 Å². The van der Waals surface area contributed by atoms with Crippen LogP contribution in [0.4, 0.5) is 13.2 Å². The van der Waals surface area contributed by atoms with Crippen molar-refractivity contribution in [2.45, 2.75) is 25.0 Å². The van der Waals surface area contributed by atoms with Crippen LogP contribution in [0.3, 0.4) is 0 Å². The summed E-state index contributed by atoms with van der Waals surface area (Å²) in [6.45, 7) is 1.61. The Kier molecular flexibility index (Phi) is 5.40. The smallest absolute Gasteiger partial charge is 0.137 e. The normalized spacial score (nSPS) is 14.4. The van der Waals surface area contributed by atoms with E-state index in [0.717, 1.165) is 17.7 Å². The van der Waals surface area contributed by atoms with Crippen LogP contribution < -0.4 is 0 Å². The second-order valence-corrected chi connectivity index (χ2v) is 7.83. The fraction of sp³-hybridized carbons (Fsp3) is 0.190. The van der Waals surface area contributed by atoms with E-state index in [1.165, 1.54) is 46.9 Å². The number of hydrogen-bond donors (Lipinski definition) is 1. The summed E-state index contributed by atoms with van der Waals surface area (Å²) in [7, 11) is 0. The quantitative estimate of drug-likeness (QED) is 0.489. The molecule has 0 aliphatic heterocycles. The van der Waals surface area contributed by atoms with Gasteiger partial charge in [0.1, 0.15) is 35.7 Å². The van der Waals surface area contributed by atoms with Gasteiger partial charge in [0.25, 0.3) is 0 Å². The minimum atomic E-state index is -1.77. The third kappa shape index (κ3) is 3.86. The molecule has 2 aromatic heterocycles. The zero-order valence-electron chi connectivity index (χ0n) is 15.8. The number of thiazole rings is 1. The van der Waals surface area contributed by atoms with Gasteiger partial charge in [0.2, 0.25) is 0 Å². The molecule has 2 atom stereocenters. The molecule has 0 amide bonds. The minimum Gasteiger partial charge on any atom is -0.382 e. The zero-order chi connectivity index (χ0) is 21.3. The van der Waals surface area contributed by atoms with E-state index in [-0.39, 0.29) is 17.9 Å². The molecule has 0 radical (unpaired) electrons. The highest BCUT2D eigenvalue weighted by Gasteiger charge is 2.41. The van der Waals surface area contributed by atoms with Gasteiger partial charge in [0.05, 0.1) is 17.2 Å². The average Bonchev–Trinajstić information content (AvgIpc) is 3.40. The fourth-order valence-electron chi connectivity index (χ4n) is 3.30. The monoisotopic (exact) mass is 430 g/mol. The van der Waals surface area contributed by atoms with Crippen molar-refractivity contribution >= 4 is 11.3 Å². The third-order valence-electron chi connectivity index (χ3n) is 5.02. The molecule has 4 rings (SSSR count). The van der Waals surface area contributed by atoms with E-state index in [1.807, 2.05) is 0 Å². The molecule has 154 valence electrons. The Morgan fingerprint density at radius 1 is 1.10 bits per heavy atom. The molecule has 0 saturated heterocycles. The van der Waals surface area contributed by atoms with Gasteiger partial charge in [-0.1, -0.05) is 13.0 Å². The molecule has 0 fully saturated rings. The van der Waals surface area contributed by atoms with Gasteiger partial charge < -0.3 is 5.11 Å². The molecule has 1 N–H and O–H groups in total. The van der Waals surface area contributed by atoms with Crippen LogP contribution in [0.1, 0.15) is 23.4 Å². The van der Waals surface area contributed by atoms with Crippen molar-refractivity contribution in [1.29, 1.82) is 0 Å². The number of hydrogen-bond acceptors (Lipinski definition) is 5. The van der Waals surface area contributed by atoms with Crippen LogP contribution in [0.5, 0.6) is 0 Å².